The van der Waals surface area contributed by atoms with E-state index in [1.807, 2.05) is 0 Å². The summed E-state index contributed by atoms with van der Waals surface area (Å²) in [6.45, 7) is 2.25. The summed E-state index contributed by atoms with van der Waals surface area (Å²) < 4.78 is 0. The summed E-state index contributed by atoms with van der Waals surface area (Å²) in [4.78, 5) is 0. The van der Waals surface area contributed by atoms with Crippen molar-refractivity contribution in [3.63, 3.8) is 0 Å². The third-order valence-corrected chi connectivity index (χ3v) is 3.61. The molecule has 0 aliphatic rings. The van der Waals surface area contributed by atoms with E-state index in [9.17, 15) is 0 Å². The molecule has 0 atom stereocenters. The first-order valence-electron chi connectivity index (χ1n) is 7.09. The van der Waals surface area contributed by atoms with Crippen molar-refractivity contribution in [2.75, 3.05) is 5.73 Å². The minimum atomic E-state index is 0.976. The van der Waals surface area contributed by atoms with Gasteiger partial charge in [-0.1, -0.05) is 69.0 Å². The number of aryl methyl sites for hydroxylation is 1. The Kier molecular flexibility index (Phi) is 4.63. The normalized spacial score (nSPS) is 10.9. The molecule has 0 amide bonds. The maximum absolute atomic E-state index is 6.26. The van der Waals surface area contributed by atoms with Gasteiger partial charge in [0.1, 0.15) is 0 Å². The molecule has 0 saturated heterocycles. The molecule has 2 N–H and O–H groups in total. The number of hydrogen-bond donors (Lipinski definition) is 1. The summed E-state index contributed by atoms with van der Waals surface area (Å²) >= 11 is 0. The van der Waals surface area contributed by atoms with Gasteiger partial charge in [-0.25, -0.2) is 0 Å². The smallest absolute Gasteiger partial charge is 0.0426 e. The highest BCUT2D eigenvalue weighted by molar-refractivity contribution is 5.94. The summed E-state index contributed by atoms with van der Waals surface area (Å²) in [7, 11) is 0. The van der Waals surface area contributed by atoms with Gasteiger partial charge >= 0.3 is 0 Å². The number of benzene rings is 2. The lowest BCUT2D eigenvalue weighted by Crippen LogP contribution is -1.96. The average Bonchev–Trinajstić information content (AvgIpc) is 2.41. The summed E-state index contributed by atoms with van der Waals surface area (Å²) in [5.74, 6) is 0. The number of rotatable bonds is 6. The van der Waals surface area contributed by atoms with E-state index in [0.717, 1.165) is 12.1 Å². The Bertz CT molecular complexity index is 502. The van der Waals surface area contributed by atoms with E-state index in [2.05, 4.69) is 43.3 Å². The third-order valence-electron chi connectivity index (χ3n) is 3.61. The lowest BCUT2D eigenvalue weighted by atomic mass is 9.99. The Morgan fingerprint density at radius 3 is 2.50 bits per heavy atom. The minimum Gasteiger partial charge on any atom is -0.398 e. The van der Waals surface area contributed by atoms with E-state index < -0.39 is 0 Å². The Morgan fingerprint density at radius 1 is 0.889 bits per heavy atom. The number of nitrogens with two attached hydrogens (primary N) is 1. The molecule has 2 aromatic rings. The standard InChI is InChI=1S/C17H23N/c1-2-3-4-5-6-10-15-13-12-14-9-7-8-11-16(14)17(15)18/h7-9,11-13H,2-6,10,18H2,1H3. The highest BCUT2D eigenvalue weighted by atomic mass is 14.6. The van der Waals surface area contributed by atoms with Crippen molar-refractivity contribution in [3.8, 4) is 0 Å². The number of anilines is 1. The van der Waals surface area contributed by atoms with Gasteiger partial charge in [-0.05, 0) is 23.8 Å². The van der Waals surface area contributed by atoms with Gasteiger partial charge in [0.05, 0.1) is 0 Å². The fraction of sp³-hybridized carbons (Fsp3) is 0.412. The SMILES string of the molecule is CCCCCCCc1ccc2ccccc2c1N. The molecule has 0 radical (unpaired) electrons. The average molecular weight is 241 g/mol. The molecule has 0 aliphatic heterocycles. The second-order valence-corrected chi connectivity index (χ2v) is 5.02. The maximum atomic E-state index is 6.26. The van der Waals surface area contributed by atoms with E-state index >= 15 is 0 Å². The molecule has 0 aromatic heterocycles. The Balaban J connectivity index is 2.03. The van der Waals surface area contributed by atoms with Crippen molar-refractivity contribution in [3.05, 3.63) is 42.0 Å². The van der Waals surface area contributed by atoms with Gasteiger partial charge in [0.25, 0.3) is 0 Å². The van der Waals surface area contributed by atoms with Crippen molar-refractivity contribution in [2.45, 2.75) is 45.4 Å². The number of fused-ring (bicyclic) bond motifs is 1. The highest BCUT2D eigenvalue weighted by Crippen LogP contribution is 2.26. The van der Waals surface area contributed by atoms with Crippen LogP contribution in [-0.4, -0.2) is 0 Å². The third kappa shape index (κ3) is 3.04. The van der Waals surface area contributed by atoms with Crippen molar-refractivity contribution < 1.29 is 0 Å². The molecule has 0 unspecified atom stereocenters. The summed E-state index contributed by atoms with van der Waals surface area (Å²) in [6, 6.07) is 12.7. The molecule has 1 nitrogen and oxygen atoms in total. The first-order chi connectivity index (χ1) is 8.83. The molecule has 0 saturated carbocycles. The molecule has 96 valence electrons. The van der Waals surface area contributed by atoms with Gasteiger partial charge in [0.2, 0.25) is 0 Å². The molecule has 0 fully saturated rings. The number of nitrogen functional groups attached to an aromatic ring is 1. The van der Waals surface area contributed by atoms with Crippen LogP contribution in [0.5, 0.6) is 0 Å². The van der Waals surface area contributed by atoms with Crippen LogP contribution in [0.4, 0.5) is 5.69 Å². The van der Waals surface area contributed by atoms with Gasteiger partial charge < -0.3 is 5.73 Å². The lowest BCUT2D eigenvalue weighted by Gasteiger charge is -2.09. The van der Waals surface area contributed by atoms with Crippen LogP contribution in [0.1, 0.15) is 44.6 Å². The zero-order valence-corrected chi connectivity index (χ0v) is 11.3. The Morgan fingerprint density at radius 2 is 1.67 bits per heavy atom. The number of hydrogen-bond acceptors (Lipinski definition) is 1. The quantitative estimate of drug-likeness (QED) is 0.563. The fourth-order valence-electron chi connectivity index (χ4n) is 2.48. The van der Waals surface area contributed by atoms with Crippen molar-refractivity contribution in [1.29, 1.82) is 0 Å². The molecular weight excluding hydrogens is 218 g/mol. The largest absolute Gasteiger partial charge is 0.398 e. The summed E-state index contributed by atoms with van der Waals surface area (Å²) in [5, 5.41) is 2.44. The van der Waals surface area contributed by atoms with Crippen LogP contribution in [0.2, 0.25) is 0 Å². The minimum absolute atomic E-state index is 0.976. The first kappa shape index (κ1) is 12.9. The molecule has 0 aliphatic carbocycles. The van der Waals surface area contributed by atoms with Crippen LogP contribution < -0.4 is 5.73 Å². The Labute approximate surface area is 110 Å². The van der Waals surface area contributed by atoms with Crippen molar-refractivity contribution >= 4 is 16.5 Å². The van der Waals surface area contributed by atoms with Crippen molar-refractivity contribution in [2.24, 2.45) is 0 Å². The highest BCUT2D eigenvalue weighted by Gasteiger charge is 2.03. The summed E-state index contributed by atoms with van der Waals surface area (Å²) in [6.07, 6.45) is 7.69. The molecule has 2 aromatic carbocycles. The van der Waals surface area contributed by atoms with Crippen LogP contribution >= 0.6 is 0 Å². The summed E-state index contributed by atoms with van der Waals surface area (Å²) in [5.41, 5.74) is 8.55. The molecule has 0 bridgehead atoms. The van der Waals surface area contributed by atoms with Gasteiger partial charge in [-0.3, -0.25) is 0 Å². The van der Waals surface area contributed by atoms with Gasteiger partial charge in [-0.2, -0.15) is 0 Å². The second-order valence-electron chi connectivity index (χ2n) is 5.02. The zero-order chi connectivity index (χ0) is 12.8. The van der Waals surface area contributed by atoms with Gasteiger partial charge in [0.15, 0.2) is 0 Å². The van der Waals surface area contributed by atoms with Gasteiger partial charge in [-0.15, -0.1) is 0 Å². The molecule has 2 rings (SSSR count). The molecular formula is C17H23N. The molecule has 18 heavy (non-hydrogen) atoms. The van der Waals surface area contributed by atoms with Crippen LogP contribution in [0.15, 0.2) is 36.4 Å². The fourth-order valence-corrected chi connectivity index (χ4v) is 2.48. The predicted octanol–water partition coefficient (Wildman–Crippen LogP) is 4.93. The molecule has 0 spiro atoms. The van der Waals surface area contributed by atoms with E-state index in [0.29, 0.717) is 0 Å². The monoisotopic (exact) mass is 241 g/mol. The molecule has 1 heteroatoms. The van der Waals surface area contributed by atoms with E-state index in [4.69, 9.17) is 5.73 Å². The second kappa shape index (κ2) is 6.44. The van der Waals surface area contributed by atoms with Crippen LogP contribution in [0.25, 0.3) is 10.8 Å². The number of unbranched alkanes of at least 4 members (excludes halogenated alkanes) is 4. The lowest BCUT2D eigenvalue weighted by molar-refractivity contribution is 0.633. The zero-order valence-electron chi connectivity index (χ0n) is 11.3. The maximum Gasteiger partial charge on any atom is 0.0426 e. The predicted molar refractivity (Wildman–Crippen MR) is 80.8 cm³/mol. The van der Waals surface area contributed by atoms with Crippen LogP contribution in [-0.2, 0) is 6.42 Å². The van der Waals surface area contributed by atoms with E-state index in [-0.39, 0.29) is 0 Å². The Hall–Kier alpha value is -1.50. The van der Waals surface area contributed by atoms with E-state index in [1.54, 1.807) is 0 Å². The van der Waals surface area contributed by atoms with Crippen LogP contribution in [0, 0.1) is 0 Å². The molecule has 0 heterocycles. The van der Waals surface area contributed by atoms with Gasteiger partial charge in [0, 0.05) is 11.1 Å². The van der Waals surface area contributed by atoms with Crippen LogP contribution in [0.3, 0.4) is 0 Å². The topological polar surface area (TPSA) is 26.0 Å². The first-order valence-corrected chi connectivity index (χ1v) is 7.09. The van der Waals surface area contributed by atoms with Crippen molar-refractivity contribution in [1.82, 2.24) is 0 Å². The van der Waals surface area contributed by atoms with E-state index in [1.165, 1.54) is 48.4 Å².